The van der Waals surface area contributed by atoms with Crippen LogP contribution in [0.5, 0.6) is 0 Å². The molecule has 0 aromatic rings. The van der Waals surface area contributed by atoms with Crippen LogP contribution in [0.2, 0.25) is 0 Å². The van der Waals surface area contributed by atoms with Gasteiger partial charge in [-0.05, 0) is 52.7 Å². The van der Waals surface area contributed by atoms with Gasteiger partial charge in [-0.2, -0.15) is 12.6 Å². The molecule has 0 aliphatic carbocycles. The molecule has 0 saturated carbocycles. The van der Waals surface area contributed by atoms with Gasteiger partial charge < -0.3 is 9.80 Å². The number of hydrogen-bond acceptors (Lipinski definition) is 3. The zero-order chi connectivity index (χ0) is 12.1. The molecular formula is C13H28N2S. The third-order valence-corrected chi connectivity index (χ3v) is 3.82. The van der Waals surface area contributed by atoms with Crippen molar-refractivity contribution in [3.8, 4) is 0 Å². The molecule has 1 atom stereocenters. The van der Waals surface area contributed by atoms with Gasteiger partial charge in [0.25, 0.3) is 0 Å². The van der Waals surface area contributed by atoms with E-state index in [1.165, 1.54) is 32.5 Å². The van der Waals surface area contributed by atoms with Gasteiger partial charge in [0.1, 0.15) is 0 Å². The molecule has 16 heavy (non-hydrogen) atoms. The molecule has 0 radical (unpaired) electrons. The summed E-state index contributed by atoms with van der Waals surface area (Å²) in [6.45, 7) is 11.7. The highest BCUT2D eigenvalue weighted by atomic mass is 32.1. The van der Waals surface area contributed by atoms with Crippen LogP contribution in [0.25, 0.3) is 0 Å². The monoisotopic (exact) mass is 244 g/mol. The molecule has 1 aliphatic rings. The van der Waals surface area contributed by atoms with E-state index in [9.17, 15) is 0 Å². The van der Waals surface area contributed by atoms with Crippen LogP contribution in [-0.2, 0) is 0 Å². The quantitative estimate of drug-likeness (QED) is 0.742. The third kappa shape index (κ3) is 5.07. The van der Waals surface area contributed by atoms with Gasteiger partial charge in [-0.1, -0.05) is 6.92 Å². The van der Waals surface area contributed by atoms with Crippen molar-refractivity contribution in [3.05, 3.63) is 0 Å². The Bertz CT molecular complexity index is 186. The van der Waals surface area contributed by atoms with Crippen molar-refractivity contribution < 1.29 is 0 Å². The van der Waals surface area contributed by atoms with Crippen LogP contribution in [0.15, 0.2) is 0 Å². The smallest absolute Gasteiger partial charge is 0.0116 e. The Morgan fingerprint density at radius 3 is 2.25 bits per heavy atom. The largest absolute Gasteiger partial charge is 0.304 e. The van der Waals surface area contributed by atoms with Crippen molar-refractivity contribution >= 4 is 12.6 Å². The number of hydrogen-bond donors (Lipinski definition) is 1. The molecule has 1 aliphatic heterocycles. The average Bonchev–Trinajstić information content (AvgIpc) is 2.20. The second kappa shape index (κ2) is 6.87. The van der Waals surface area contributed by atoms with Crippen molar-refractivity contribution in [1.82, 2.24) is 9.80 Å². The Balaban J connectivity index is 2.21. The number of rotatable bonds is 5. The van der Waals surface area contributed by atoms with Gasteiger partial charge in [0, 0.05) is 24.4 Å². The first-order chi connectivity index (χ1) is 7.49. The molecule has 0 spiro atoms. The van der Waals surface area contributed by atoms with E-state index in [1.807, 2.05) is 0 Å². The van der Waals surface area contributed by atoms with Crippen molar-refractivity contribution in [2.75, 3.05) is 33.2 Å². The number of piperidine rings is 1. The van der Waals surface area contributed by atoms with Crippen molar-refractivity contribution in [3.63, 3.8) is 0 Å². The van der Waals surface area contributed by atoms with E-state index in [0.29, 0.717) is 11.3 Å². The Morgan fingerprint density at radius 1 is 1.25 bits per heavy atom. The Kier molecular flexibility index (Phi) is 6.16. The molecule has 1 heterocycles. The molecule has 96 valence electrons. The van der Waals surface area contributed by atoms with Crippen LogP contribution in [0.1, 0.15) is 33.6 Å². The first-order valence-electron chi connectivity index (χ1n) is 6.59. The molecular weight excluding hydrogens is 216 g/mol. The summed E-state index contributed by atoms with van der Waals surface area (Å²) < 4.78 is 0. The van der Waals surface area contributed by atoms with Gasteiger partial charge >= 0.3 is 0 Å². The Labute approximate surface area is 107 Å². The zero-order valence-electron chi connectivity index (χ0n) is 11.3. The summed E-state index contributed by atoms with van der Waals surface area (Å²) in [5.41, 5.74) is 0. The van der Waals surface area contributed by atoms with Crippen LogP contribution in [0.3, 0.4) is 0 Å². The number of likely N-dealkylation sites (tertiary alicyclic amines) is 1. The van der Waals surface area contributed by atoms with Crippen LogP contribution in [0.4, 0.5) is 0 Å². The predicted molar refractivity (Wildman–Crippen MR) is 75.4 cm³/mol. The Hall–Kier alpha value is 0.270. The van der Waals surface area contributed by atoms with Gasteiger partial charge in [-0.3, -0.25) is 0 Å². The van der Waals surface area contributed by atoms with Gasteiger partial charge in [0.15, 0.2) is 0 Å². The first kappa shape index (κ1) is 14.3. The van der Waals surface area contributed by atoms with Crippen LogP contribution in [-0.4, -0.2) is 54.3 Å². The third-order valence-electron chi connectivity index (χ3n) is 3.66. The van der Waals surface area contributed by atoms with E-state index in [1.54, 1.807) is 0 Å². The van der Waals surface area contributed by atoms with Gasteiger partial charge in [0.05, 0.1) is 0 Å². The minimum atomic E-state index is 0.509. The second-order valence-corrected chi connectivity index (χ2v) is 6.51. The van der Waals surface area contributed by atoms with Crippen LogP contribution in [0, 0.1) is 5.92 Å². The number of nitrogens with zero attached hydrogens (tertiary/aromatic N) is 2. The van der Waals surface area contributed by atoms with Gasteiger partial charge in [-0.15, -0.1) is 0 Å². The molecule has 1 saturated heterocycles. The fraction of sp³-hybridized carbons (Fsp3) is 1.00. The van der Waals surface area contributed by atoms with E-state index >= 15 is 0 Å². The second-order valence-electron chi connectivity index (χ2n) is 5.63. The molecule has 1 rings (SSSR count). The molecule has 0 amide bonds. The lowest BCUT2D eigenvalue weighted by Crippen LogP contribution is -2.41. The maximum Gasteiger partial charge on any atom is 0.0116 e. The zero-order valence-corrected chi connectivity index (χ0v) is 12.2. The normalized spacial score (nSPS) is 21.9. The van der Waals surface area contributed by atoms with Crippen molar-refractivity contribution in [2.45, 2.75) is 44.9 Å². The molecule has 2 nitrogen and oxygen atoms in total. The first-order valence-corrected chi connectivity index (χ1v) is 7.11. The summed E-state index contributed by atoms with van der Waals surface area (Å²) in [7, 11) is 2.24. The molecule has 1 fully saturated rings. The molecule has 0 N–H and O–H groups in total. The van der Waals surface area contributed by atoms with Crippen molar-refractivity contribution in [1.29, 1.82) is 0 Å². The molecule has 0 aromatic heterocycles. The standard InChI is InChI=1S/C13H28N2S/c1-11(2)14(4)10-13-5-7-15(8-6-13)9-12(3)16/h11-13,16H,5-10H2,1-4H3. The highest BCUT2D eigenvalue weighted by Gasteiger charge is 2.21. The van der Waals surface area contributed by atoms with E-state index in [-0.39, 0.29) is 0 Å². The lowest BCUT2D eigenvalue weighted by molar-refractivity contribution is 0.144. The number of thiol groups is 1. The van der Waals surface area contributed by atoms with E-state index in [0.717, 1.165) is 12.5 Å². The van der Waals surface area contributed by atoms with E-state index in [2.05, 4.69) is 50.2 Å². The van der Waals surface area contributed by atoms with Gasteiger partial charge in [-0.25, -0.2) is 0 Å². The molecule has 1 unspecified atom stereocenters. The van der Waals surface area contributed by atoms with E-state index in [4.69, 9.17) is 0 Å². The maximum absolute atomic E-state index is 4.46. The van der Waals surface area contributed by atoms with E-state index < -0.39 is 0 Å². The molecule has 0 bridgehead atoms. The summed E-state index contributed by atoms with van der Waals surface area (Å²) in [6, 6.07) is 0.676. The summed E-state index contributed by atoms with van der Waals surface area (Å²) >= 11 is 4.46. The van der Waals surface area contributed by atoms with Crippen LogP contribution < -0.4 is 0 Å². The average molecular weight is 244 g/mol. The SMILES string of the molecule is CC(S)CN1CCC(CN(C)C(C)C)CC1. The minimum Gasteiger partial charge on any atom is -0.304 e. The highest BCUT2D eigenvalue weighted by molar-refractivity contribution is 7.80. The topological polar surface area (TPSA) is 6.48 Å². The van der Waals surface area contributed by atoms with Gasteiger partial charge in [0.2, 0.25) is 0 Å². The molecule has 3 heteroatoms. The van der Waals surface area contributed by atoms with Crippen LogP contribution >= 0.6 is 12.6 Å². The summed E-state index contributed by atoms with van der Waals surface area (Å²) in [5, 5.41) is 0.509. The highest BCUT2D eigenvalue weighted by Crippen LogP contribution is 2.19. The lowest BCUT2D eigenvalue weighted by atomic mass is 9.96. The lowest BCUT2D eigenvalue weighted by Gasteiger charge is -2.35. The maximum atomic E-state index is 4.46. The summed E-state index contributed by atoms with van der Waals surface area (Å²) in [5.74, 6) is 0.902. The Morgan fingerprint density at radius 2 is 1.81 bits per heavy atom. The fourth-order valence-corrected chi connectivity index (χ4v) is 2.57. The minimum absolute atomic E-state index is 0.509. The molecule has 0 aromatic carbocycles. The predicted octanol–water partition coefficient (Wildman–Crippen LogP) is 2.36. The van der Waals surface area contributed by atoms with Crippen molar-refractivity contribution in [2.24, 2.45) is 5.92 Å². The summed E-state index contributed by atoms with van der Waals surface area (Å²) in [6.07, 6.45) is 2.72. The fourth-order valence-electron chi connectivity index (χ4n) is 2.34. The summed E-state index contributed by atoms with van der Waals surface area (Å²) in [4.78, 5) is 5.03.